The number of rotatable bonds is 8. The van der Waals surface area contributed by atoms with Crippen molar-refractivity contribution in [3.63, 3.8) is 0 Å². The lowest BCUT2D eigenvalue weighted by Crippen LogP contribution is -2.57. The van der Waals surface area contributed by atoms with Crippen molar-refractivity contribution < 1.29 is 40.8 Å². The van der Waals surface area contributed by atoms with Crippen LogP contribution >= 0.6 is 0 Å². The Balaban J connectivity index is 1.96. The van der Waals surface area contributed by atoms with E-state index in [1.807, 2.05) is 0 Å². The van der Waals surface area contributed by atoms with Crippen molar-refractivity contribution in [3.05, 3.63) is 75.1 Å². The Morgan fingerprint density at radius 3 is 2.31 bits per heavy atom. The van der Waals surface area contributed by atoms with E-state index >= 15 is 0 Å². The first-order valence-electron chi connectivity index (χ1n) is 10.9. The molecule has 1 amide bonds. The van der Waals surface area contributed by atoms with Crippen molar-refractivity contribution in [1.29, 1.82) is 0 Å². The summed E-state index contributed by atoms with van der Waals surface area (Å²) in [4.78, 5) is 38.3. The second-order valence-corrected chi connectivity index (χ2v) is 10.4. The van der Waals surface area contributed by atoms with E-state index in [-0.39, 0.29) is 30.5 Å². The van der Waals surface area contributed by atoms with Gasteiger partial charge in [0.2, 0.25) is 11.9 Å². The molecule has 1 aliphatic rings. The standard InChI is InChI=1S/C23H23F3N2O7S/c1-3-35-23(30)21-20(15-10-17(25)18(26)11-16(15)24)19(28(31)32)12-27(22(21)29)9-8-13-4-6-14(7-5-13)36(2,33)34/h4-7,10-11,19-21H,3,8-9,12H2,1-2H3/t19-,20+,21?/m0/s1. The molecule has 0 spiro atoms. The number of nitrogens with zero attached hydrogens (tertiary/aromatic N) is 2. The van der Waals surface area contributed by atoms with Crippen molar-refractivity contribution in [3.8, 4) is 0 Å². The number of ether oxygens (including phenoxy) is 1. The molecule has 3 atom stereocenters. The van der Waals surface area contributed by atoms with Gasteiger partial charge in [0.25, 0.3) is 0 Å². The van der Waals surface area contributed by atoms with E-state index in [0.29, 0.717) is 11.6 Å². The highest BCUT2D eigenvalue weighted by atomic mass is 32.2. The number of halogens is 3. The van der Waals surface area contributed by atoms with E-state index in [1.54, 1.807) is 0 Å². The fraction of sp³-hybridized carbons (Fsp3) is 0.391. The van der Waals surface area contributed by atoms with Crippen molar-refractivity contribution in [2.45, 2.75) is 30.2 Å². The number of hydrogen-bond acceptors (Lipinski definition) is 7. The quantitative estimate of drug-likeness (QED) is 0.170. The molecule has 194 valence electrons. The molecule has 1 heterocycles. The molecule has 0 N–H and O–H groups in total. The molecule has 0 aromatic heterocycles. The van der Waals surface area contributed by atoms with Crippen molar-refractivity contribution in [2.24, 2.45) is 5.92 Å². The van der Waals surface area contributed by atoms with Gasteiger partial charge in [0, 0.05) is 29.4 Å². The SMILES string of the molecule is CCOC(=O)C1C(=O)N(CCc2ccc(S(C)(=O)=O)cc2)C[C@H]([N+](=O)[O-])[C@H]1c1cc(F)c(F)cc1F. The second kappa shape index (κ2) is 10.6. The number of sulfone groups is 1. The predicted octanol–water partition coefficient (Wildman–Crippen LogP) is 2.50. The highest BCUT2D eigenvalue weighted by Gasteiger charge is 2.54. The van der Waals surface area contributed by atoms with Gasteiger partial charge in [-0.3, -0.25) is 19.7 Å². The van der Waals surface area contributed by atoms with E-state index < -0.39 is 74.1 Å². The molecule has 0 aliphatic carbocycles. The monoisotopic (exact) mass is 528 g/mol. The minimum absolute atomic E-state index is 0.0791. The van der Waals surface area contributed by atoms with Crippen LogP contribution in [0.5, 0.6) is 0 Å². The summed E-state index contributed by atoms with van der Waals surface area (Å²) in [6.45, 7) is 0.670. The Hall–Kier alpha value is -3.48. The van der Waals surface area contributed by atoms with Crippen molar-refractivity contribution in [2.75, 3.05) is 26.0 Å². The molecule has 2 aromatic rings. The summed E-state index contributed by atoms with van der Waals surface area (Å²) in [5.74, 6) is -9.95. The van der Waals surface area contributed by atoms with Crippen LogP contribution in [0.3, 0.4) is 0 Å². The van der Waals surface area contributed by atoms with Gasteiger partial charge in [-0.25, -0.2) is 21.6 Å². The molecular weight excluding hydrogens is 505 g/mol. The molecule has 1 aliphatic heterocycles. The third-order valence-corrected chi connectivity index (χ3v) is 7.12. The van der Waals surface area contributed by atoms with Crippen LogP contribution in [0, 0.1) is 33.5 Å². The summed E-state index contributed by atoms with van der Waals surface area (Å²) in [7, 11) is -3.42. The molecule has 0 radical (unpaired) electrons. The van der Waals surface area contributed by atoms with Gasteiger partial charge in [0.1, 0.15) is 11.7 Å². The van der Waals surface area contributed by atoms with Crippen LogP contribution < -0.4 is 0 Å². The van der Waals surface area contributed by atoms with Crippen LogP contribution in [0.4, 0.5) is 13.2 Å². The average Bonchev–Trinajstić information content (AvgIpc) is 2.80. The topological polar surface area (TPSA) is 124 Å². The molecule has 3 rings (SSSR count). The number of amides is 1. The van der Waals surface area contributed by atoms with Gasteiger partial charge in [-0.15, -0.1) is 0 Å². The number of nitro groups is 1. The normalized spacial score (nSPS) is 20.3. The summed E-state index contributed by atoms with van der Waals surface area (Å²) in [6, 6.07) is 4.73. The maximum absolute atomic E-state index is 14.6. The summed E-state index contributed by atoms with van der Waals surface area (Å²) >= 11 is 0. The predicted molar refractivity (Wildman–Crippen MR) is 120 cm³/mol. The van der Waals surface area contributed by atoms with Gasteiger partial charge in [0.05, 0.1) is 24.0 Å². The minimum atomic E-state index is -3.42. The fourth-order valence-electron chi connectivity index (χ4n) is 4.23. The molecule has 36 heavy (non-hydrogen) atoms. The highest BCUT2D eigenvalue weighted by Crippen LogP contribution is 2.38. The number of benzene rings is 2. The van der Waals surface area contributed by atoms with E-state index in [0.717, 1.165) is 11.2 Å². The maximum atomic E-state index is 14.6. The Bertz CT molecular complexity index is 1290. The lowest BCUT2D eigenvalue weighted by Gasteiger charge is -2.38. The van der Waals surface area contributed by atoms with E-state index in [2.05, 4.69) is 0 Å². The van der Waals surface area contributed by atoms with Crippen LogP contribution in [-0.2, 0) is 30.6 Å². The van der Waals surface area contributed by atoms with Gasteiger partial charge >= 0.3 is 5.97 Å². The van der Waals surface area contributed by atoms with Crippen LogP contribution in [0.2, 0.25) is 0 Å². The first-order valence-corrected chi connectivity index (χ1v) is 12.8. The Morgan fingerprint density at radius 1 is 1.14 bits per heavy atom. The molecule has 2 aromatic carbocycles. The third-order valence-electron chi connectivity index (χ3n) is 5.99. The minimum Gasteiger partial charge on any atom is -0.465 e. The highest BCUT2D eigenvalue weighted by molar-refractivity contribution is 7.90. The number of hydrogen-bond donors (Lipinski definition) is 0. The van der Waals surface area contributed by atoms with Crippen LogP contribution in [0.15, 0.2) is 41.3 Å². The zero-order valence-corrected chi connectivity index (χ0v) is 20.1. The van der Waals surface area contributed by atoms with Crippen LogP contribution in [0.1, 0.15) is 24.0 Å². The number of carbonyl (C=O) groups is 2. The molecule has 0 saturated carbocycles. The first-order chi connectivity index (χ1) is 16.8. The largest absolute Gasteiger partial charge is 0.465 e. The van der Waals surface area contributed by atoms with E-state index in [1.165, 1.54) is 31.2 Å². The average molecular weight is 529 g/mol. The number of carbonyl (C=O) groups excluding carboxylic acids is 2. The van der Waals surface area contributed by atoms with Crippen molar-refractivity contribution in [1.82, 2.24) is 4.90 Å². The Morgan fingerprint density at radius 2 is 1.75 bits per heavy atom. The first kappa shape index (κ1) is 27.1. The smallest absolute Gasteiger partial charge is 0.319 e. The molecule has 9 nitrogen and oxygen atoms in total. The fourth-order valence-corrected chi connectivity index (χ4v) is 4.86. The zero-order valence-electron chi connectivity index (χ0n) is 19.3. The number of likely N-dealkylation sites (tertiary alicyclic amines) is 1. The van der Waals surface area contributed by atoms with E-state index in [9.17, 15) is 41.3 Å². The number of piperidine rings is 1. The zero-order chi connectivity index (χ0) is 26.8. The van der Waals surface area contributed by atoms with Gasteiger partial charge in [-0.1, -0.05) is 12.1 Å². The summed E-state index contributed by atoms with van der Waals surface area (Å²) in [6.07, 6.45) is 1.22. The molecule has 1 saturated heterocycles. The lowest BCUT2D eigenvalue weighted by molar-refractivity contribution is -0.529. The second-order valence-electron chi connectivity index (χ2n) is 8.35. The van der Waals surface area contributed by atoms with Gasteiger partial charge in [0.15, 0.2) is 21.5 Å². The third kappa shape index (κ3) is 5.66. The molecular formula is C23H23F3N2O7S. The van der Waals surface area contributed by atoms with Crippen LogP contribution in [-0.4, -0.2) is 62.1 Å². The summed E-state index contributed by atoms with van der Waals surface area (Å²) in [5, 5.41) is 12.0. The van der Waals surface area contributed by atoms with E-state index in [4.69, 9.17) is 4.74 Å². The molecule has 1 fully saturated rings. The molecule has 1 unspecified atom stereocenters. The number of esters is 1. The molecule has 0 bridgehead atoms. The van der Waals surface area contributed by atoms with Gasteiger partial charge in [-0.2, -0.15) is 0 Å². The van der Waals surface area contributed by atoms with Gasteiger partial charge < -0.3 is 9.64 Å². The van der Waals surface area contributed by atoms with Crippen molar-refractivity contribution >= 4 is 21.7 Å². The summed E-state index contributed by atoms with van der Waals surface area (Å²) < 4.78 is 70.3. The Labute approximate surface area is 204 Å². The maximum Gasteiger partial charge on any atom is 0.319 e. The van der Waals surface area contributed by atoms with Gasteiger partial charge in [-0.05, 0) is 37.1 Å². The van der Waals surface area contributed by atoms with Crippen LogP contribution in [0.25, 0.3) is 0 Å². The Kier molecular flexibility index (Phi) is 8.02. The lowest BCUT2D eigenvalue weighted by atomic mass is 9.76. The molecule has 13 heteroatoms. The summed E-state index contributed by atoms with van der Waals surface area (Å²) in [5.41, 5.74) is -0.0488.